The monoisotopic (exact) mass is 385 g/mol. The van der Waals surface area contributed by atoms with Gasteiger partial charge in [-0.2, -0.15) is 0 Å². The van der Waals surface area contributed by atoms with Crippen molar-refractivity contribution >= 4 is 23.3 Å². The molecule has 146 valence electrons. The van der Waals surface area contributed by atoms with Gasteiger partial charge in [0.15, 0.2) is 0 Å². The summed E-state index contributed by atoms with van der Waals surface area (Å²) in [6, 6.07) is 10.3. The lowest BCUT2D eigenvalue weighted by Gasteiger charge is -2.35. The molecule has 1 saturated carbocycles. The first-order valence-electron chi connectivity index (χ1n) is 9.42. The van der Waals surface area contributed by atoms with E-state index in [0.717, 1.165) is 31.0 Å². The van der Waals surface area contributed by atoms with E-state index in [4.69, 9.17) is 0 Å². The van der Waals surface area contributed by atoms with E-state index >= 15 is 0 Å². The number of carbonyl (C=O) groups excluding carboxylic acids is 2. The third kappa shape index (κ3) is 4.13. The van der Waals surface area contributed by atoms with Gasteiger partial charge in [0.2, 0.25) is 5.91 Å². The van der Waals surface area contributed by atoms with E-state index in [2.05, 4.69) is 5.32 Å². The Hall–Kier alpha value is -2.96. The number of halogens is 2. The highest BCUT2D eigenvalue weighted by Crippen LogP contribution is 2.30. The van der Waals surface area contributed by atoms with Crippen molar-refractivity contribution in [3.8, 4) is 0 Å². The highest BCUT2D eigenvalue weighted by molar-refractivity contribution is 5.95. The number of hydrogen-bond donors (Lipinski definition) is 1. The van der Waals surface area contributed by atoms with Gasteiger partial charge in [0.1, 0.15) is 11.6 Å². The number of anilines is 2. The number of carbonyl (C=O) groups is 2. The minimum absolute atomic E-state index is 0.0373. The lowest BCUT2D eigenvalue weighted by Crippen LogP contribution is -2.49. The number of rotatable bonds is 5. The first kappa shape index (κ1) is 18.4. The van der Waals surface area contributed by atoms with Gasteiger partial charge in [-0.3, -0.25) is 9.69 Å². The Kier molecular flexibility index (Phi) is 4.98. The van der Waals surface area contributed by atoms with Crippen LogP contribution >= 0.6 is 0 Å². The molecule has 7 heteroatoms. The largest absolute Gasteiger partial charge is 0.326 e. The molecule has 2 aromatic rings. The van der Waals surface area contributed by atoms with Crippen LogP contribution < -0.4 is 10.2 Å². The van der Waals surface area contributed by atoms with E-state index in [9.17, 15) is 18.4 Å². The number of nitrogens with one attached hydrogen (secondary N) is 1. The number of hydrogen-bond acceptors (Lipinski definition) is 2. The topological polar surface area (TPSA) is 52.7 Å². The SMILES string of the molecule is O=C(Nc1ccc(N2CCCN(Cc3cc(F)cc(F)c3)C2=O)cc1)C1CC1. The van der Waals surface area contributed by atoms with Crippen LogP contribution in [0.4, 0.5) is 25.0 Å². The normalized spacial score (nSPS) is 17.0. The van der Waals surface area contributed by atoms with Crippen molar-refractivity contribution in [2.75, 3.05) is 23.3 Å². The van der Waals surface area contributed by atoms with Crippen molar-refractivity contribution in [3.63, 3.8) is 0 Å². The molecule has 2 aliphatic rings. The third-order valence-electron chi connectivity index (χ3n) is 5.00. The first-order chi connectivity index (χ1) is 13.5. The molecule has 3 amide bonds. The summed E-state index contributed by atoms with van der Waals surface area (Å²) in [5.74, 6) is -1.14. The molecule has 1 saturated heterocycles. The molecule has 0 radical (unpaired) electrons. The third-order valence-corrected chi connectivity index (χ3v) is 5.00. The average molecular weight is 385 g/mol. The van der Waals surface area contributed by atoms with Gasteiger partial charge < -0.3 is 10.2 Å². The van der Waals surface area contributed by atoms with Crippen LogP contribution in [0.15, 0.2) is 42.5 Å². The van der Waals surface area contributed by atoms with E-state index in [1.54, 1.807) is 34.1 Å². The van der Waals surface area contributed by atoms with Crippen molar-refractivity contribution in [1.29, 1.82) is 0 Å². The van der Waals surface area contributed by atoms with Gasteiger partial charge in [-0.05, 0) is 61.2 Å². The smallest absolute Gasteiger partial charge is 0.324 e. The molecule has 28 heavy (non-hydrogen) atoms. The molecule has 1 aliphatic carbocycles. The van der Waals surface area contributed by atoms with E-state index in [-0.39, 0.29) is 24.4 Å². The summed E-state index contributed by atoms with van der Waals surface area (Å²) in [6.07, 6.45) is 2.64. The van der Waals surface area contributed by atoms with E-state index in [1.165, 1.54) is 12.1 Å². The lowest BCUT2D eigenvalue weighted by molar-refractivity contribution is -0.117. The number of amides is 3. The fourth-order valence-electron chi connectivity index (χ4n) is 3.41. The second-order valence-electron chi connectivity index (χ2n) is 7.30. The Balaban J connectivity index is 1.44. The number of benzene rings is 2. The second kappa shape index (κ2) is 7.58. The molecule has 0 aromatic heterocycles. The minimum Gasteiger partial charge on any atom is -0.326 e. The predicted octanol–water partition coefficient (Wildman–Crippen LogP) is 4.15. The zero-order chi connectivity index (χ0) is 19.7. The summed E-state index contributed by atoms with van der Waals surface area (Å²) in [5.41, 5.74) is 1.85. The number of urea groups is 1. The summed E-state index contributed by atoms with van der Waals surface area (Å²) in [7, 11) is 0. The Morgan fingerprint density at radius 3 is 2.36 bits per heavy atom. The van der Waals surface area contributed by atoms with Crippen molar-refractivity contribution < 1.29 is 18.4 Å². The van der Waals surface area contributed by atoms with Gasteiger partial charge in [0.25, 0.3) is 0 Å². The molecule has 2 aromatic carbocycles. The Morgan fingerprint density at radius 1 is 1.04 bits per heavy atom. The zero-order valence-corrected chi connectivity index (χ0v) is 15.3. The quantitative estimate of drug-likeness (QED) is 0.841. The maximum absolute atomic E-state index is 13.4. The summed E-state index contributed by atoms with van der Waals surface area (Å²) in [5, 5.41) is 2.87. The van der Waals surface area contributed by atoms with Crippen molar-refractivity contribution in [1.82, 2.24) is 4.90 Å². The molecule has 0 bridgehead atoms. The van der Waals surface area contributed by atoms with Crippen LogP contribution in [0.2, 0.25) is 0 Å². The van der Waals surface area contributed by atoms with Crippen LogP contribution in [0.5, 0.6) is 0 Å². The van der Waals surface area contributed by atoms with Crippen molar-refractivity contribution in [3.05, 3.63) is 59.7 Å². The maximum Gasteiger partial charge on any atom is 0.324 e. The van der Waals surface area contributed by atoms with Crippen LogP contribution in [0, 0.1) is 17.6 Å². The zero-order valence-electron chi connectivity index (χ0n) is 15.3. The van der Waals surface area contributed by atoms with Crippen LogP contribution in [-0.4, -0.2) is 29.9 Å². The molecule has 0 spiro atoms. The van der Waals surface area contributed by atoms with Gasteiger partial charge >= 0.3 is 6.03 Å². The lowest BCUT2D eigenvalue weighted by atomic mass is 10.1. The standard InChI is InChI=1S/C21H21F2N3O2/c22-16-10-14(11-17(23)12-16)13-25-8-1-9-26(21(25)28)19-6-4-18(5-7-19)24-20(27)15-2-3-15/h4-7,10-12,15H,1-3,8-9,13H2,(H,24,27). The Bertz CT molecular complexity index is 877. The molecule has 0 unspecified atom stereocenters. The molecule has 5 nitrogen and oxygen atoms in total. The average Bonchev–Trinajstić information content (AvgIpc) is 3.49. The molecular weight excluding hydrogens is 364 g/mol. The van der Waals surface area contributed by atoms with E-state index in [1.807, 2.05) is 0 Å². The fraction of sp³-hybridized carbons (Fsp3) is 0.333. The summed E-state index contributed by atoms with van der Waals surface area (Å²) >= 11 is 0. The van der Waals surface area contributed by atoms with Crippen LogP contribution in [0.3, 0.4) is 0 Å². The second-order valence-corrected chi connectivity index (χ2v) is 7.30. The fourth-order valence-corrected chi connectivity index (χ4v) is 3.41. The maximum atomic E-state index is 13.4. The van der Waals surface area contributed by atoms with E-state index < -0.39 is 11.6 Å². The molecule has 2 fully saturated rings. The number of nitrogens with zero attached hydrogens (tertiary/aromatic N) is 2. The predicted molar refractivity (Wildman–Crippen MR) is 102 cm³/mol. The molecule has 0 atom stereocenters. The molecule has 1 aliphatic heterocycles. The Morgan fingerprint density at radius 2 is 1.71 bits per heavy atom. The van der Waals surface area contributed by atoms with Gasteiger partial charge in [-0.15, -0.1) is 0 Å². The van der Waals surface area contributed by atoms with Gasteiger partial charge in [0.05, 0.1) is 0 Å². The highest BCUT2D eigenvalue weighted by Gasteiger charge is 2.30. The van der Waals surface area contributed by atoms with Crippen LogP contribution in [0.1, 0.15) is 24.8 Å². The van der Waals surface area contributed by atoms with Gasteiger partial charge in [-0.25, -0.2) is 13.6 Å². The summed E-state index contributed by atoms with van der Waals surface area (Å²) < 4.78 is 26.8. The van der Waals surface area contributed by atoms with Gasteiger partial charge in [-0.1, -0.05) is 0 Å². The molecule has 1 N–H and O–H groups in total. The van der Waals surface area contributed by atoms with Gasteiger partial charge in [0, 0.05) is 43.0 Å². The van der Waals surface area contributed by atoms with E-state index in [0.29, 0.717) is 24.3 Å². The minimum atomic E-state index is -0.653. The molecule has 1 heterocycles. The first-order valence-corrected chi connectivity index (χ1v) is 9.42. The van der Waals surface area contributed by atoms with Crippen molar-refractivity contribution in [2.45, 2.75) is 25.8 Å². The van der Waals surface area contributed by atoms with Crippen LogP contribution in [0.25, 0.3) is 0 Å². The highest BCUT2D eigenvalue weighted by atomic mass is 19.1. The van der Waals surface area contributed by atoms with Crippen molar-refractivity contribution in [2.24, 2.45) is 5.92 Å². The molecule has 4 rings (SSSR count). The molecular formula is C21H21F2N3O2. The summed E-state index contributed by atoms with van der Waals surface area (Å²) in [6.45, 7) is 1.25. The van der Waals surface area contributed by atoms with Crippen LogP contribution in [-0.2, 0) is 11.3 Å². The Labute approximate surface area is 161 Å². The summed E-state index contributed by atoms with van der Waals surface area (Å²) in [4.78, 5) is 27.9.